The van der Waals surface area contributed by atoms with Crippen LogP contribution in [0.1, 0.15) is 37.6 Å². The van der Waals surface area contributed by atoms with Crippen LogP contribution in [0.15, 0.2) is 48.7 Å². The molecule has 1 aromatic carbocycles. The number of pyridine rings is 1. The minimum Gasteiger partial charge on any atom is -0.348 e. The number of anilines is 1. The Labute approximate surface area is 160 Å². The summed E-state index contributed by atoms with van der Waals surface area (Å²) in [6, 6.07) is 10.7. The van der Waals surface area contributed by atoms with Gasteiger partial charge in [0.2, 0.25) is 15.9 Å². The van der Waals surface area contributed by atoms with Gasteiger partial charge in [-0.1, -0.05) is 39.0 Å². The average Bonchev–Trinajstić information content (AvgIpc) is 2.57. The molecule has 0 aliphatic rings. The highest BCUT2D eigenvalue weighted by atomic mass is 32.2. The highest BCUT2D eigenvalue weighted by molar-refractivity contribution is 7.92. The Hall–Kier alpha value is -2.67. The fourth-order valence-corrected chi connectivity index (χ4v) is 2.84. The van der Waals surface area contributed by atoms with Gasteiger partial charge in [0.05, 0.1) is 6.26 Å². The highest BCUT2D eigenvalue weighted by Gasteiger charge is 2.14. The maximum absolute atomic E-state index is 12.0. The van der Waals surface area contributed by atoms with Gasteiger partial charge in [0.15, 0.2) is 0 Å². The second-order valence-electron chi connectivity index (χ2n) is 7.35. The van der Waals surface area contributed by atoms with Crippen molar-refractivity contribution in [3.05, 3.63) is 65.5 Å². The maximum atomic E-state index is 12.0. The maximum Gasteiger partial charge on any atom is 0.244 e. The molecule has 0 saturated heterocycles. The van der Waals surface area contributed by atoms with Crippen molar-refractivity contribution in [1.82, 2.24) is 10.3 Å². The van der Waals surface area contributed by atoms with Crippen molar-refractivity contribution in [3.63, 3.8) is 0 Å². The zero-order valence-electron chi connectivity index (χ0n) is 16.0. The highest BCUT2D eigenvalue weighted by Crippen LogP contribution is 2.19. The van der Waals surface area contributed by atoms with E-state index in [1.54, 1.807) is 36.5 Å². The number of nitrogens with one attached hydrogen (secondary N) is 2. The zero-order valence-corrected chi connectivity index (χ0v) is 16.8. The molecule has 0 atom stereocenters. The van der Waals surface area contributed by atoms with Gasteiger partial charge >= 0.3 is 0 Å². The zero-order chi connectivity index (χ0) is 20.1. The first-order valence-electron chi connectivity index (χ1n) is 8.52. The standard InChI is InChI=1S/C20H25N3O3S/c1-20(2,3)18-11-7-16(13-21-18)8-12-19(24)22-14-15-5-9-17(10-6-15)23-27(4,25)26/h5-13,23H,14H2,1-4H3,(H,22,24). The van der Waals surface area contributed by atoms with Crippen LogP contribution in [-0.4, -0.2) is 25.6 Å². The third-order valence-electron chi connectivity index (χ3n) is 3.71. The molecular formula is C20H25N3O3S. The number of amides is 1. The molecule has 1 heterocycles. The molecule has 0 aliphatic heterocycles. The lowest BCUT2D eigenvalue weighted by molar-refractivity contribution is -0.116. The molecule has 2 rings (SSSR count). The van der Waals surface area contributed by atoms with Gasteiger partial charge in [0.25, 0.3) is 0 Å². The van der Waals surface area contributed by atoms with Crippen molar-refractivity contribution in [1.29, 1.82) is 0 Å². The minimum atomic E-state index is -3.29. The number of benzene rings is 1. The number of rotatable bonds is 6. The fraction of sp³-hybridized carbons (Fsp3) is 0.300. The summed E-state index contributed by atoms with van der Waals surface area (Å²) in [7, 11) is -3.29. The Balaban J connectivity index is 1.88. The fourth-order valence-electron chi connectivity index (χ4n) is 2.27. The number of sulfonamides is 1. The molecule has 6 nitrogen and oxygen atoms in total. The largest absolute Gasteiger partial charge is 0.348 e. The quantitative estimate of drug-likeness (QED) is 0.746. The van der Waals surface area contributed by atoms with Gasteiger partial charge in [-0.15, -0.1) is 0 Å². The molecule has 0 spiro atoms. The van der Waals surface area contributed by atoms with Crippen molar-refractivity contribution in [2.24, 2.45) is 0 Å². The van der Waals surface area contributed by atoms with Gasteiger partial charge in [-0.05, 0) is 35.4 Å². The Kier molecular flexibility index (Phi) is 6.38. The van der Waals surface area contributed by atoms with Crippen molar-refractivity contribution in [2.45, 2.75) is 32.7 Å². The van der Waals surface area contributed by atoms with Crippen LogP contribution < -0.4 is 10.0 Å². The molecule has 27 heavy (non-hydrogen) atoms. The topological polar surface area (TPSA) is 88.2 Å². The number of hydrogen-bond donors (Lipinski definition) is 2. The van der Waals surface area contributed by atoms with Crippen molar-refractivity contribution < 1.29 is 13.2 Å². The van der Waals surface area contributed by atoms with Crippen LogP contribution in [-0.2, 0) is 26.8 Å². The summed E-state index contributed by atoms with van der Waals surface area (Å²) in [4.78, 5) is 16.4. The molecule has 2 aromatic rings. The van der Waals surface area contributed by atoms with Crippen molar-refractivity contribution >= 4 is 27.7 Å². The predicted octanol–water partition coefficient (Wildman–Crippen LogP) is 3.08. The summed E-state index contributed by atoms with van der Waals surface area (Å²) in [5.41, 5.74) is 3.20. The van der Waals surface area contributed by atoms with E-state index in [2.05, 4.69) is 35.8 Å². The minimum absolute atomic E-state index is 0.00793. The number of nitrogens with zero attached hydrogens (tertiary/aromatic N) is 1. The van der Waals surface area contributed by atoms with Crippen LogP contribution >= 0.6 is 0 Å². The summed E-state index contributed by atoms with van der Waals surface area (Å²) in [5.74, 6) is -0.215. The van der Waals surface area contributed by atoms with Gasteiger partial charge < -0.3 is 5.32 Å². The number of hydrogen-bond acceptors (Lipinski definition) is 4. The molecule has 144 valence electrons. The first-order valence-corrected chi connectivity index (χ1v) is 10.4. The van der Waals surface area contributed by atoms with E-state index in [9.17, 15) is 13.2 Å². The van der Waals surface area contributed by atoms with Crippen LogP contribution in [0.3, 0.4) is 0 Å². The summed E-state index contributed by atoms with van der Waals surface area (Å²) in [6.07, 6.45) is 6.03. The van der Waals surface area contributed by atoms with Gasteiger partial charge in [0, 0.05) is 35.6 Å². The summed E-state index contributed by atoms with van der Waals surface area (Å²) in [6.45, 7) is 6.65. The summed E-state index contributed by atoms with van der Waals surface area (Å²) >= 11 is 0. The SMILES string of the molecule is CC(C)(C)c1ccc(C=CC(=O)NCc2ccc(NS(C)(=O)=O)cc2)cn1. The molecule has 0 bridgehead atoms. The lowest BCUT2D eigenvalue weighted by atomic mass is 9.91. The van der Waals surface area contributed by atoms with Gasteiger partial charge in [-0.2, -0.15) is 0 Å². The van der Waals surface area contributed by atoms with Crippen LogP contribution in [0.4, 0.5) is 5.69 Å². The lowest BCUT2D eigenvalue weighted by Gasteiger charge is -2.17. The number of aromatic nitrogens is 1. The van der Waals surface area contributed by atoms with Crippen molar-refractivity contribution in [3.8, 4) is 0 Å². The summed E-state index contributed by atoms with van der Waals surface area (Å²) < 4.78 is 24.7. The second-order valence-corrected chi connectivity index (χ2v) is 9.10. The van der Waals surface area contributed by atoms with E-state index in [-0.39, 0.29) is 11.3 Å². The molecule has 7 heteroatoms. The molecule has 0 fully saturated rings. The van der Waals surface area contributed by atoms with E-state index in [1.807, 2.05) is 12.1 Å². The Morgan fingerprint density at radius 1 is 1.11 bits per heavy atom. The van der Waals surface area contributed by atoms with E-state index < -0.39 is 10.0 Å². The predicted molar refractivity (Wildman–Crippen MR) is 109 cm³/mol. The average molecular weight is 388 g/mol. The van der Waals surface area contributed by atoms with E-state index in [0.717, 1.165) is 23.1 Å². The van der Waals surface area contributed by atoms with E-state index in [4.69, 9.17) is 0 Å². The molecule has 1 aromatic heterocycles. The molecule has 0 aliphatic carbocycles. The van der Waals surface area contributed by atoms with Crippen molar-refractivity contribution in [2.75, 3.05) is 11.0 Å². The molecule has 1 amide bonds. The molecule has 2 N–H and O–H groups in total. The van der Waals surface area contributed by atoms with Crippen LogP contribution in [0.25, 0.3) is 6.08 Å². The summed E-state index contributed by atoms with van der Waals surface area (Å²) in [5, 5.41) is 2.79. The van der Waals surface area contributed by atoms with E-state index in [0.29, 0.717) is 12.2 Å². The normalized spacial score (nSPS) is 12.1. The molecule has 0 saturated carbocycles. The second kappa shape index (κ2) is 8.35. The molecule has 0 unspecified atom stereocenters. The third kappa shape index (κ3) is 7.22. The van der Waals surface area contributed by atoms with Crippen LogP contribution in [0, 0.1) is 0 Å². The van der Waals surface area contributed by atoms with E-state index >= 15 is 0 Å². The van der Waals surface area contributed by atoms with Gasteiger partial charge in [0.1, 0.15) is 0 Å². The van der Waals surface area contributed by atoms with Gasteiger partial charge in [-0.25, -0.2) is 8.42 Å². The molecular weight excluding hydrogens is 362 g/mol. The smallest absolute Gasteiger partial charge is 0.244 e. The number of carbonyl (C=O) groups is 1. The Bertz CT molecular complexity index is 910. The Morgan fingerprint density at radius 3 is 2.30 bits per heavy atom. The molecule has 0 radical (unpaired) electrons. The first kappa shape index (κ1) is 20.6. The first-order chi connectivity index (χ1) is 12.5. The Morgan fingerprint density at radius 2 is 1.78 bits per heavy atom. The third-order valence-corrected chi connectivity index (χ3v) is 4.31. The lowest BCUT2D eigenvalue weighted by Crippen LogP contribution is -2.20. The van der Waals surface area contributed by atoms with Crippen LogP contribution in [0.5, 0.6) is 0 Å². The number of carbonyl (C=O) groups excluding carboxylic acids is 1. The van der Waals surface area contributed by atoms with Crippen LogP contribution in [0.2, 0.25) is 0 Å². The van der Waals surface area contributed by atoms with Gasteiger partial charge in [-0.3, -0.25) is 14.5 Å². The monoisotopic (exact) mass is 387 g/mol. The van der Waals surface area contributed by atoms with E-state index in [1.165, 1.54) is 6.08 Å².